The second-order valence-electron chi connectivity index (χ2n) is 4.12. The van der Waals surface area contributed by atoms with Crippen molar-refractivity contribution in [3.8, 4) is 5.75 Å². The highest BCUT2D eigenvalue weighted by molar-refractivity contribution is 7.99. The van der Waals surface area contributed by atoms with Crippen molar-refractivity contribution >= 4 is 24.3 Å². The van der Waals surface area contributed by atoms with Gasteiger partial charge in [-0.3, -0.25) is 0 Å². The molecular weight excluding hydrogens is 275 g/mol. The van der Waals surface area contributed by atoms with Crippen LogP contribution in [0.5, 0.6) is 5.75 Å². The first-order chi connectivity index (χ1) is 9.65. The first kappa shape index (κ1) is 14.8. The highest BCUT2D eigenvalue weighted by Gasteiger charge is 2.10. The van der Waals surface area contributed by atoms with Crippen molar-refractivity contribution in [1.29, 1.82) is 0 Å². The van der Waals surface area contributed by atoms with Crippen molar-refractivity contribution in [2.24, 2.45) is 0 Å². The lowest BCUT2D eigenvalue weighted by atomic mass is 9.80. The Morgan fingerprint density at radius 3 is 2.90 bits per heavy atom. The molecule has 0 atom stereocenters. The standard InChI is InChI=1S/C13H15BN2O3S/c1-10-5-6-15-13(16-10)20-8-7-19-12-4-2-3-11(9-12)14(17)18/h2-6,9,17-18H,7-8H2,1H3. The summed E-state index contributed by atoms with van der Waals surface area (Å²) in [6, 6.07) is 8.60. The fourth-order valence-electron chi connectivity index (χ4n) is 1.55. The van der Waals surface area contributed by atoms with E-state index in [2.05, 4.69) is 9.97 Å². The summed E-state index contributed by atoms with van der Waals surface area (Å²) in [5, 5.41) is 18.9. The molecule has 1 heterocycles. The van der Waals surface area contributed by atoms with E-state index < -0.39 is 7.12 Å². The number of rotatable bonds is 6. The van der Waals surface area contributed by atoms with Gasteiger partial charge in [0, 0.05) is 17.6 Å². The summed E-state index contributed by atoms with van der Waals surface area (Å²) in [7, 11) is -1.48. The molecule has 5 nitrogen and oxygen atoms in total. The van der Waals surface area contributed by atoms with Crippen LogP contribution in [0.1, 0.15) is 5.69 Å². The van der Waals surface area contributed by atoms with Crippen LogP contribution >= 0.6 is 11.8 Å². The molecule has 0 fully saturated rings. The third kappa shape index (κ3) is 4.52. The lowest BCUT2D eigenvalue weighted by Crippen LogP contribution is -2.29. The second kappa shape index (κ2) is 7.28. The normalized spacial score (nSPS) is 10.3. The van der Waals surface area contributed by atoms with Gasteiger partial charge in [0.25, 0.3) is 0 Å². The lowest BCUT2D eigenvalue weighted by Gasteiger charge is -2.07. The Bertz CT molecular complexity index is 569. The van der Waals surface area contributed by atoms with Gasteiger partial charge in [0.1, 0.15) is 5.75 Å². The van der Waals surface area contributed by atoms with Gasteiger partial charge in [-0.05, 0) is 30.6 Å². The van der Waals surface area contributed by atoms with Crippen molar-refractivity contribution in [2.45, 2.75) is 12.1 Å². The Labute approximate surface area is 122 Å². The zero-order chi connectivity index (χ0) is 14.4. The number of aryl methyl sites for hydroxylation is 1. The van der Waals surface area contributed by atoms with Gasteiger partial charge < -0.3 is 14.8 Å². The van der Waals surface area contributed by atoms with Gasteiger partial charge in [-0.15, -0.1) is 0 Å². The molecule has 1 aromatic carbocycles. The summed E-state index contributed by atoms with van der Waals surface area (Å²) in [5.74, 6) is 1.33. The van der Waals surface area contributed by atoms with Crippen molar-refractivity contribution in [3.05, 3.63) is 42.2 Å². The van der Waals surface area contributed by atoms with Gasteiger partial charge in [0.2, 0.25) is 0 Å². The van der Waals surface area contributed by atoms with Gasteiger partial charge in [-0.25, -0.2) is 9.97 Å². The lowest BCUT2D eigenvalue weighted by molar-refractivity contribution is 0.343. The molecule has 1 aromatic heterocycles. The van der Waals surface area contributed by atoms with Crippen molar-refractivity contribution in [3.63, 3.8) is 0 Å². The smallest absolute Gasteiger partial charge is 0.488 e. The molecule has 0 radical (unpaired) electrons. The van der Waals surface area contributed by atoms with Crippen molar-refractivity contribution in [1.82, 2.24) is 9.97 Å². The predicted octanol–water partition coefficient (Wildman–Crippen LogP) is 0.636. The number of hydrogen-bond donors (Lipinski definition) is 2. The Morgan fingerprint density at radius 1 is 1.30 bits per heavy atom. The average Bonchev–Trinajstić information content (AvgIpc) is 2.44. The highest BCUT2D eigenvalue weighted by Crippen LogP contribution is 2.13. The second-order valence-corrected chi connectivity index (χ2v) is 5.19. The van der Waals surface area contributed by atoms with Crippen LogP contribution < -0.4 is 10.2 Å². The zero-order valence-electron chi connectivity index (χ0n) is 11.1. The monoisotopic (exact) mass is 290 g/mol. The van der Waals surface area contributed by atoms with Gasteiger partial charge in [0.15, 0.2) is 5.16 Å². The molecule has 2 rings (SSSR count). The van der Waals surface area contributed by atoms with E-state index in [9.17, 15) is 0 Å². The van der Waals surface area contributed by atoms with E-state index in [4.69, 9.17) is 14.8 Å². The molecule has 0 aliphatic heterocycles. The SMILES string of the molecule is Cc1ccnc(SCCOc2cccc(B(O)O)c2)n1. The number of aromatic nitrogens is 2. The minimum absolute atomic E-state index is 0.414. The Kier molecular flexibility index (Phi) is 5.40. The Hall–Kier alpha value is -1.57. The van der Waals surface area contributed by atoms with Crippen LogP contribution in [0.3, 0.4) is 0 Å². The summed E-state index contributed by atoms with van der Waals surface area (Å²) in [4.78, 5) is 8.44. The molecule has 0 spiro atoms. The molecule has 0 aliphatic rings. The minimum Gasteiger partial charge on any atom is -0.493 e. The van der Waals surface area contributed by atoms with Gasteiger partial charge in [0.05, 0.1) is 6.61 Å². The maximum atomic E-state index is 9.07. The number of nitrogens with zero attached hydrogens (tertiary/aromatic N) is 2. The number of thioether (sulfide) groups is 1. The van der Waals surface area contributed by atoms with E-state index >= 15 is 0 Å². The van der Waals surface area contributed by atoms with Crippen molar-refractivity contribution < 1.29 is 14.8 Å². The predicted molar refractivity (Wildman–Crippen MR) is 79.3 cm³/mol. The third-order valence-electron chi connectivity index (χ3n) is 2.51. The molecule has 0 saturated carbocycles. The van der Waals surface area contributed by atoms with Gasteiger partial charge in [-0.2, -0.15) is 0 Å². The molecule has 0 amide bonds. The average molecular weight is 290 g/mol. The van der Waals surface area contributed by atoms with Crippen LogP contribution in [0.4, 0.5) is 0 Å². The molecule has 0 unspecified atom stereocenters. The molecule has 2 N–H and O–H groups in total. The van der Waals surface area contributed by atoms with E-state index in [1.165, 1.54) is 11.8 Å². The number of ether oxygens (including phenoxy) is 1. The van der Waals surface area contributed by atoms with Crippen LogP contribution in [0.2, 0.25) is 0 Å². The molecule has 7 heteroatoms. The zero-order valence-corrected chi connectivity index (χ0v) is 11.9. The third-order valence-corrected chi connectivity index (χ3v) is 3.34. The van der Waals surface area contributed by atoms with Crippen LogP contribution in [-0.2, 0) is 0 Å². The van der Waals surface area contributed by atoms with Crippen LogP contribution in [-0.4, -0.2) is 39.5 Å². The molecule has 2 aromatic rings. The Balaban J connectivity index is 1.80. The minimum atomic E-state index is -1.48. The molecule has 0 saturated heterocycles. The van der Waals surface area contributed by atoms with Gasteiger partial charge >= 0.3 is 7.12 Å². The first-order valence-electron chi connectivity index (χ1n) is 6.16. The van der Waals surface area contributed by atoms with Gasteiger partial charge in [-0.1, -0.05) is 23.9 Å². The van der Waals surface area contributed by atoms with Crippen LogP contribution in [0, 0.1) is 6.92 Å². The van der Waals surface area contributed by atoms with E-state index in [-0.39, 0.29) is 0 Å². The van der Waals surface area contributed by atoms with Crippen molar-refractivity contribution in [2.75, 3.05) is 12.4 Å². The summed E-state index contributed by atoms with van der Waals surface area (Å²) in [6.07, 6.45) is 1.73. The summed E-state index contributed by atoms with van der Waals surface area (Å²) in [6.45, 7) is 2.42. The topological polar surface area (TPSA) is 75.5 Å². The largest absolute Gasteiger partial charge is 0.493 e. The maximum absolute atomic E-state index is 9.07. The Morgan fingerprint density at radius 2 is 2.15 bits per heavy atom. The fraction of sp³-hybridized carbons (Fsp3) is 0.231. The first-order valence-corrected chi connectivity index (χ1v) is 7.15. The van der Waals surface area contributed by atoms with E-state index in [0.29, 0.717) is 17.8 Å². The molecular formula is C13H15BN2O3S. The molecule has 20 heavy (non-hydrogen) atoms. The quantitative estimate of drug-likeness (QED) is 0.352. The molecule has 0 bridgehead atoms. The fourth-order valence-corrected chi connectivity index (χ4v) is 2.25. The molecule has 0 aliphatic carbocycles. The highest BCUT2D eigenvalue weighted by atomic mass is 32.2. The van der Waals surface area contributed by atoms with E-state index in [1.54, 1.807) is 30.5 Å². The summed E-state index contributed by atoms with van der Waals surface area (Å²) >= 11 is 1.52. The maximum Gasteiger partial charge on any atom is 0.488 e. The number of hydrogen-bond acceptors (Lipinski definition) is 6. The van der Waals surface area contributed by atoms with E-state index in [1.807, 2.05) is 13.0 Å². The number of benzene rings is 1. The summed E-state index contributed by atoms with van der Waals surface area (Å²) < 4.78 is 5.55. The summed E-state index contributed by atoms with van der Waals surface area (Å²) in [5.41, 5.74) is 1.35. The van der Waals surface area contributed by atoms with Crippen LogP contribution in [0.15, 0.2) is 41.7 Å². The van der Waals surface area contributed by atoms with E-state index in [0.717, 1.165) is 16.6 Å². The molecule has 104 valence electrons. The van der Waals surface area contributed by atoms with Crippen LogP contribution in [0.25, 0.3) is 0 Å².